The summed E-state index contributed by atoms with van der Waals surface area (Å²) in [5.74, 6) is -1.30. The Kier molecular flexibility index (Phi) is 5.83. The maximum absolute atomic E-state index is 12.5. The number of aromatic amines is 1. The lowest BCUT2D eigenvalue weighted by molar-refractivity contribution is -0.274. The van der Waals surface area contributed by atoms with Crippen molar-refractivity contribution in [3.05, 3.63) is 42.6 Å². The topological polar surface area (TPSA) is 103 Å². The van der Waals surface area contributed by atoms with Gasteiger partial charge < -0.3 is 25.5 Å². The van der Waals surface area contributed by atoms with Crippen molar-refractivity contribution >= 4 is 22.7 Å². The highest BCUT2D eigenvalue weighted by Gasteiger charge is 2.33. The number of ether oxygens (including phenoxy) is 1. The van der Waals surface area contributed by atoms with Gasteiger partial charge in [-0.1, -0.05) is 12.7 Å². The summed E-state index contributed by atoms with van der Waals surface area (Å²) in [5, 5.41) is 15.4. The number of H-pyrrole nitrogens is 1. The fraction of sp³-hybridized carbons (Fsp3) is 0.368. The summed E-state index contributed by atoms with van der Waals surface area (Å²) in [6.45, 7) is 3.64. The highest BCUT2D eigenvalue weighted by atomic mass is 19.4. The Morgan fingerprint density at radius 3 is 2.72 bits per heavy atom. The number of rotatable bonds is 7. The predicted octanol–water partition coefficient (Wildman–Crippen LogP) is 2.24. The number of fused-ring (bicyclic) bond motifs is 1. The molecule has 7 nitrogen and oxygen atoms in total. The third kappa shape index (κ3) is 5.08. The standard InChI is InChI=1S/C19H20F3N3O4/c1-2-16(26)18(28)23-9-11-4-6-13(11)25-17(27)15-7-10-3-5-12(8-14(10)24-15)29-19(20,21)22/h2-3,5,7-8,11,13,16,24,26H,1,4,6,9H2,(H,23,28)(H,25,27)/t11-,13+,16?/m0/s1. The van der Waals surface area contributed by atoms with Crippen LogP contribution in [0.15, 0.2) is 36.9 Å². The molecular weight excluding hydrogens is 391 g/mol. The number of benzene rings is 1. The maximum Gasteiger partial charge on any atom is 0.573 e. The van der Waals surface area contributed by atoms with E-state index < -0.39 is 24.3 Å². The number of carbonyl (C=O) groups excluding carboxylic acids is 2. The van der Waals surface area contributed by atoms with E-state index in [0.717, 1.165) is 18.9 Å². The smallest absolute Gasteiger partial charge is 0.406 e. The summed E-state index contributed by atoms with van der Waals surface area (Å²) in [6.07, 6.45) is -3.41. The molecule has 4 N–H and O–H groups in total. The number of nitrogens with one attached hydrogen (secondary N) is 3. The maximum atomic E-state index is 12.5. The van der Waals surface area contributed by atoms with Crippen molar-refractivity contribution in [1.29, 1.82) is 0 Å². The van der Waals surface area contributed by atoms with Crippen molar-refractivity contribution in [2.75, 3.05) is 6.54 Å². The van der Waals surface area contributed by atoms with Gasteiger partial charge in [-0.3, -0.25) is 9.59 Å². The van der Waals surface area contributed by atoms with Gasteiger partial charge in [-0.2, -0.15) is 0 Å². The van der Waals surface area contributed by atoms with Crippen LogP contribution in [-0.4, -0.2) is 47.0 Å². The summed E-state index contributed by atoms with van der Waals surface area (Å²) < 4.78 is 40.9. The molecule has 0 spiro atoms. The van der Waals surface area contributed by atoms with Gasteiger partial charge in [0.15, 0.2) is 6.10 Å². The highest BCUT2D eigenvalue weighted by molar-refractivity contribution is 5.98. The van der Waals surface area contributed by atoms with Crippen molar-refractivity contribution in [3.63, 3.8) is 0 Å². The molecule has 1 saturated carbocycles. The van der Waals surface area contributed by atoms with Crippen molar-refractivity contribution in [2.45, 2.75) is 31.3 Å². The lowest BCUT2D eigenvalue weighted by Crippen LogP contribution is -2.51. The number of halogens is 3. The SMILES string of the molecule is C=CC(O)C(=O)NC[C@@H]1CC[C@H]1NC(=O)c1cc2ccc(OC(F)(F)F)cc2[nH]1. The third-order valence-corrected chi connectivity index (χ3v) is 4.84. The van der Waals surface area contributed by atoms with Gasteiger partial charge in [-0.15, -0.1) is 13.2 Å². The zero-order valence-corrected chi connectivity index (χ0v) is 15.3. The quantitative estimate of drug-likeness (QED) is 0.525. The second-order valence-corrected chi connectivity index (χ2v) is 6.82. The minimum atomic E-state index is -4.79. The van der Waals surface area contributed by atoms with Gasteiger partial charge in [-0.25, -0.2) is 0 Å². The molecule has 156 valence electrons. The molecule has 1 aliphatic rings. The van der Waals surface area contributed by atoms with Gasteiger partial charge in [-0.05, 0) is 37.0 Å². The number of aliphatic hydroxyl groups excluding tert-OH is 1. The molecule has 1 fully saturated rings. The Bertz CT molecular complexity index is 925. The number of amides is 2. The fourth-order valence-corrected chi connectivity index (χ4v) is 3.12. The van der Waals surface area contributed by atoms with Crippen molar-refractivity contribution in [2.24, 2.45) is 5.92 Å². The number of carbonyl (C=O) groups is 2. The molecular formula is C19H20F3N3O4. The summed E-state index contributed by atoms with van der Waals surface area (Å²) >= 11 is 0. The Hall–Kier alpha value is -3.01. The second kappa shape index (κ2) is 8.16. The molecule has 2 amide bonds. The van der Waals surface area contributed by atoms with E-state index in [4.69, 9.17) is 0 Å². The summed E-state index contributed by atoms with van der Waals surface area (Å²) in [5.41, 5.74) is 0.550. The first-order valence-electron chi connectivity index (χ1n) is 8.94. The zero-order valence-electron chi connectivity index (χ0n) is 15.3. The molecule has 1 unspecified atom stereocenters. The van der Waals surface area contributed by atoms with Gasteiger partial charge in [0.25, 0.3) is 11.8 Å². The molecule has 1 aliphatic carbocycles. The van der Waals surface area contributed by atoms with Gasteiger partial charge in [0.2, 0.25) is 0 Å². The van der Waals surface area contributed by atoms with Crippen LogP contribution in [0.5, 0.6) is 5.75 Å². The Balaban J connectivity index is 1.59. The normalized spacial score (nSPS) is 19.9. The summed E-state index contributed by atoms with van der Waals surface area (Å²) in [7, 11) is 0. The van der Waals surface area contributed by atoms with Crippen molar-refractivity contribution in [3.8, 4) is 5.75 Å². The van der Waals surface area contributed by atoms with E-state index in [2.05, 4.69) is 26.9 Å². The number of hydrogen-bond acceptors (Lipinski definition) is 4. The van der Waals surface area contributed by atoms with E-state index in [9.17, 15) is 27.9 Å². The van der Waals surface area contributed by atoms with Gasteiger partial charge in [0.1, 0.15) is 11.4 Å². The molecule has 0 saturated heterocycles. The molecule has 0 bridgehead atoms. The van der Waals surface area contributed by atoms with Crippen molar-refractivity contribution < 1.29 is 32.6 Å². The van der Waals surface area contributed by atoms with Gasteiger partial charge in [0, 0.05) is 29.6 Å². The predicted molar refractivity (Wildman–Crippen MR) is 98.2 cm³/mol. The van der Waals surface area contributed by atoms with E-state index >= 15 is 0 Å². The first kappa shape index (κ1) is 20.7. The van der Waals surface area contributed by atoms with Gasteiger partial charge in [0.05, 0.1) is 0 Å². The number of alkyl halides is 3. The lowest BCUT2D eigenvalue weighted by atomic mass is 9.79. The van der Waals surface area contributed by atoms with Crippen LogP contribution in [-0.2, 0) is 4.79 Å². The van der Waals surface area contributed by atoms with Crippen LogP contribution < -0.4 is 15.4 Å². The average molecular weight is 411 g/mol. The van der Waals surface area contributed by atoms with E-state index in [1.54, 1.807) is 0 Å². The van der Waals surface area contributed by atoms with Crippen molar-refractivity contribution in [1.82, 2.24) is 15.6 Å². The molecule has 1 aromatic heterocycles. The Morgan fingerprint density at radius 2 is 2.10 bits per heavy atom. The Morgan fingerprint density at radius 1 is 1.34 bits per heavy atom. The highest BCUT2D eigenvalue weighted by Crippen LogP contribution is 2.29. The first-order chi connectivity index (χ1) is 13.7. The van der Waals surface area contributed by atoms with Gasteiger partial charge >= 0.3 is 6.36 Å². The van der Waals surface area contributed by atoms with E-state index in [-0.39, 0.29) is 23.4 Å². The van der Waals surface area contributed by atoms with E-state index in [0.29, 0.717) is 17.4 Å². The molecule has 0 radical (unpaired) electrons. The Labute approximate surface area is 163 Å². The third-order valence-electron chi connectivity index (χ3n) is 4.84. The fourth-order valence-electron chi connectivity index (χ4n) is 3.12. The second-order valence-electron chi connectivity index (χ2n) is 6.82. The lowest BCUT2D eigenvalue weighted by Gasteiger charge is -2.37. The molecule has 2 aromatic rings. The van der Waals surface area contributed by atoms with Crippen LogP contribution in [0.4, 0.5) is 13.2 Å². The van der Waals surface area contributed by atoms with E-state index in [1.165, 1.54) is 24.3 Å². The minimum Gasteiger partial charge on any atom is -0.406 e. The largest absolute Gasteiger partial charge is 0.573 e. The number of aromatic nitrogens is 1. The van der Waals surface area contributed by atoms with Crippen LogP contribution in [0.25, 0.3) is 10.9 Å². The first-order valence-corrected chi connectivity index (χ1v) is 8.94. The molecule has 1 heterocycles. The van der Waals surface area contributed by atoms with Crippen LogP contribution in [0.3, 0.4) is 0 Å². The molecule has 3 rings (SSSR count). The van der Waals surface area contributed by atoms with Crippen LogP contribution in [0, 0.1) is 5.92 Å². The van der Waals surface area contributed by atoms with Crippen LogP contribution in [0.2, 0.25) is 0 Å². The zero-order chi connectivity index (χ0) is 21.2. The average Bonchev–Trinajstić information content (AvgIpc) is 3.06. The molecule has 0 aliphatic heterocycles. The summed E-state index contributed by atoms with van der Waals surface area (Å²) in [4.78, 5) is 26.8. The van der Waals surface area contributed by atoms with Crippen LogP contribution >= 0.6 is 0 Å². The number of aliphatic hydroxyl groups is 1. The molecule has 10 heteroatoms. The summed E-state index contributed by atoms with van der Waals surface area (Å²) in [6, 6.07) is 5.16. The number of hydrogen-bond donors (Lipinski definition) is 4. The molecule has 1 aromatic carbocycles. The van der Waals surface area contributed by atoms with E-state index in [1.807, 2.05) is 0 Å². The van der Waals surface area contributed by atoms with Crippen LogP contribution in [0.1, 0.15) is 23.3 Å². The monoisotopic (exact) mass is 411 g/mol. The minimum absolute atomic E-state index is 0.0241. The molecule has 29 heavy (non-hydrogen) atoms. The molecule has 3 atom stereocenters.